The first kappa shape index (κ1) is 69.3. The number of hydrogen-bond donors (Lipinski definition) is 4. The van der Waals surface area contributed by atoms with Gasteiger partial charge in [0.2, 0.25) is 5.79 Å². The van der Waals surface area contributed by atoms with E-state index in [1.54, 1.807) is 41.9 Å². The van der Waals surface area contributed by atoms with Crippen molar-refractivity contribution in [3.05, 3.63) is 47.6 Å². The molecule has 4 aliphatic rings. The largest absolute Gasteiger partial charge is 0.460 e. The molecule has 4 N–H and O–H groups in total. The number of alkyl carbamates (subject to hydrolysis) is 1. The van der Waals surface area contributed by atoms with Crippen LogP contribution in [0, 0.1) is 35.5 Å². The van der Waals surface area contributed by atoms with Crippen LogP contribution in [0.3, 0.4) is 0 Å². The molecule has 20 heteroatoms. The summed E-state index contributed by atoms with van der Waals surface area (Å²) in [6.07, 6.45) is 8.41. The van der Waals surface area contributed by atoms with Gasteiger partial charge in [0, 0.05) is 64.5 Å². The van der Waals surface area contributed by atoms with Crippen molar-refractivity contribution in [2.24, 2.45) is 35.5 Å². The fourth-order valence-electron chi connectivity index (χ4n) is 11.2. The number of nitrogens with zero attached hydrogens (tertiary/aromatic N) is 1. The fraction of sp³-hybridized carbons (Fsp3) is 0.770. The highest BCUT2D eigenvalue weighted by Crippen LogP contribution is 2.38. The van der Waals surface area contributed by atoms with Crippen molar-refractivity contribution in [3.63, 3.8) is 0 Å². The monoisotopic (exact) mass is 1150 g/mol. The first-order valence-electron chi connectivity index (χ1n) is 29.5. The molecular formula is C61H98N2O18. The van der Waals surface area contributed by atoms with Crippen LogP contribution in [-0.2, 0) is 66.6 Å². The number of aliphatic hydroxyl groups is 3. The smallest absolute Gasteiger partial charge is 0.407 e. The van der Waals surface area contributed by atoms with E-state index in [-0.39, 0.29) is 62.2 Å². The summed E-state index contributed by atoms with van der Waals surface area (Å²) in [6, 6.07) is -1.20. The van der Waals surface area contributed by atoms with Crippen molar-refractivity contribution in [1.29, 1.82) is 0 Å². The molecule has 0 unspecified atom stereocenters. The molecule has 2 bridgehead atoms. The lowest BCUT2D eigenvalue weighted by Crippen LogP contribution is -2.61. The molecule has 81 heavy (non-hydrogen) atoms. The van der Waals surface area contributed by atoms with Crippen LogP contribution in [0.1, 0.15) is 132 Å². The average molecular weight is 1150 g/mol. The van der Waals surface area contributed by atoms with Crippen LogP contribution >= 0.6 is 0 Å². The number of ether oxygens (including phenoxy) is 9. The summed E-state index contributed by atoms with van der Waals surface area (Å²) in [4.78, 5) is 85.1. The molecule has 460 valence electrons. The number of allylic oxidation sites excluding steroid dienone is 6. The number of ketones is 3. The second-order valence-corrected chi connectivity index (χ2v) is 22.7. The Labute approximate surface area is 481 Å². The number of hydrogen-bond acceptors (Lipinski definition) is 18. The second-order valence-electron chi connectivity index (χ2n) is 22.7. The third kappa shape index (κ3) is 22.0. The van der Waals surface area contributed by atoms with E-state index in [0.29, 0.717) is 104 Å². The first-order valence-corrected chi connectivity index (χ1v) is 29.5. The van der Waals surface area contributed by atoms with Gasteiger partial charge in [-0.3, -0.25) is 19.2 Å². The number of piperidine rings is 1. The minimum absolute atomic E-state index is 0.00737. The molecule has 1 aliphatic carbocycles. The van der Waals surface area contributed by atoms with Gasteiger partial charge in [0.1, 0.15) is 36.2 Å². The number of cyclic esters (lactones) is 1. The minimum atomic E-state index is -2.47. The Kier molecular flexibility index (Phi) is 30.6. The molecule has 1 saturated carbocycles. The molecule has 3 aliphatic heterocycles. The van der Waals surface area contributed by atoms with E-state index in [4.69, 9.17) is 42.6 Å². The number of methoxy groups -OCH3 is 2. The molecule has 0 aromatic carbocycles. The summed E-state index contributed by atoms with van der Waals surface area (Å²) in [6.45, 7) is 18.0. The van der Waals surface area contributed by atoms with Gasteiger partial charge in [-0.25, -0.2) is 9.59 Å². The van der Waals surface area contributed by atoms with E-state index in [1.165, 1.54) is 6.08 Å². The van der Waals surface area contributed by atoms with Crippen LogP contribution in [-0.4, -0.2) is 190 Å². The third-order valence-corrected chi connectivity index (χ3v) is 16.3. The molecule has 0 radical (unpaired) electrons. The molecule has 2 saturated heterocycles. The first-order chi connectivity index (χ1) is 38.6. The van der Waals surface area contributed by atoms with Crippen molar-refractivity contribution in [2.45, 2.75) is 187 Å². The summed E-state index contributed by atoms with van der Waals surface area (Å²) in [5, 5.41) is 37.1. The lowest BCUT2D eigenvalue weighted by atomic mass is 9.78. The number of Topliss-reactive ketones (excluding diaryl/α,β-unsaturated/α-hetero) is 3. The summed E-state index contributed by atoms with van der Waals surface area (Å²) < 4.78 is 51.7. The van der Waals surface area contributed by atoms with Crippen LogP contribution in [0.15, 0.2) is 47.6 Å². The van der Waals surface area contributed by atoms with E-state index in [9.17, 15) is 44.1 Å². The van der Waals surface area contributed by atoms with Crippen LogP contribution in [0.25, 0.3) is 0 Å². The number of carbonyl (C=O) groups excluding carboxylic acids is 6. The van der Waals surface area contributed by atoms with Crippen LogP contribution in [0.4, 0.5) is 4.79 Å². The normalized spacial score (nSPS) is 34.7. The van der Waals surface area contributed by atoms with Crippen molar-refractivity contribution in [2.75, 3.05) is 80.2 Å². The standard InChI is InChI=1S/C61H98N2O18/c1-11-75-27-28-77-31-32-78-30-29-76-26-24-62-60(71)80-50-23-21-46(36-53(50)74-10)35-42(5)52-38-49(64)41(4)34-44(7)55(66)56(67)54(65)43(6)33-39(2)17-13-12-14-18-40(3)51(73-9)37-47-22-20-45(8)61(72,81-47)57(68)58(69)63-25-16-15-19-48(63)59(70)79-52/h12-14,17-18,34,39,41-43,45-48,50-53,55-56,66-67,72H,11,15-16,19-33,35-38H2,1-10H3,(H,62,71)/b14-12+,17-13+,40-18+,44-34+/t39-,41-,42-,43-,45-,46+,47+,48+,50-,51+,52+,53-,55-,56+,61-/m1/s1. The molecule has 4 rings (SSSR count). The van der Waals surface area contributed by atoms with Gasteiger partial charge >= 0.3 is 12.1 Å². The van der Waals surface area contributed by atoms with Crippen LogP contribution in [0.5, 0.6) is 0 Å². The molecule has 20 nitrogen and oxygen atoms in total. The Hall–Kier alpha value is -4.22. The Morgan fingerprint density at radius 3 is 2.14 bits per heavy atom. The summed E-state index contributed by atoms with van der Waals surface area (Å²) in [7, 11) is 3.11. The predicted molar refractivity (Wildman–Crippen MR) is 302 cm³/mol. The molecule has 3 fully saturated rings. The zero-order valence-electron chi connectivity index (χ0n) is 50.0. The highest BCUT2D eigenvalue weighted by molar-refractivity contribution is 6.39. The topological polar surface area (TPSA) is 261 Å². The molecule has 0 aromatic rings. The number of nitrogens with one attached hydrogen (secondary N) is 1. The van der Waals surface area contributed by atoms with E-state index in [0.717, 1.165) is 10.5 Å². The SMILES string of the molecule is CCOCCOCCOCCOCCNC(=O)O[C@@H]1CC[C@@H](C[C@@H](C)[C@@H]2CC(=O)[C@H](C)/C=C(\C)[C@@H](O)[C@@H](O)C(=O)[C@H](C)C[C@H](C)/C=C/C=C/C=C(\C)[C@@H](OC)C[C@@H]3CC[C@@H](C)[C@@](O)(O3)C(=O)C(=O)N3CCCC[C@H]3C(=O)O2)C[C@H]1OC. The molecule has 0 aromatic heterocycles. The molecule has 0 spiro atoms. The minimum Gasteiger partial charge on any atom is -0.460 e. The van der Waals surface area contributed by atoms with Gasteiger partial charge < -0.3 is 68.2 Å². The summed E-state index contributed by atoms with van der Waals surface area (Å²) >= 11 is 0. The van der Waals surface area contributed by atoms with Crippen molar-refractivity contribution >= 4 is 35.3 Å². The van der Waals surface area contributed by atoms with E-state index < -0.39 is 108 Å². The number of fused-ring (bicyclic) bond motifs is 3. The number of aliphatic hydroxyl groups excluding tert-OH is 2. The number of carbonyl (C=O) groups is 6. The lowest BCUT2D eigenvalue weighted by molar-refractivity contribution is -0.265. The fourth-order valence-corrected chi connectivity index (χ4v) is 11.2. The van der Waals surface area contributed by atoms with E-state index in [1.807, 2.05) is 58.1 Å². The zero-order valence-corrected chi connectivity index (χ0v) is 50.0. The molecule has 3 heterocycles. The van der Waals surface area contributed by atoms with Gasteiger partial charge in [-0.05, 0) is 114 Å². The molecule has 15 atom stereocenters. The Bertz CT molecular complexity index is 2110. The van der Waals surface area contributed by atoms with Gasteiger partial charge in [0.25, 0.3) is 11.7 Å². The lowest BCUT2D eigenvalue weighted by Gasteiger charge is -2.42. The third-order valence-electron chi connectivity index (χ3n) is 16.3. The molecule has 2 amide bonds. The van der Waals surface area contributed by atoms with Gasteiger partial charge in [0.05, 0.1) is 64.6 Å². The summed E-state index contributed by atoms with van der Waals surface area (Å²) in [5.74, 6) is -9.08. The second kappa shape index (κ2) is 35.8. The maximum absolute atomic E-state index is 14.6. The van der Waals surface area contributed by atoms with Crippen LogP contribution < -0.4 is 5.32 Å². The van der Waals surface area contributed by atoms with Crippen molar-refractivity contribution < 1.29 is 86.7 Å². The Morgan fingerprint density at radius 1 is 0.790 bits per heavy atom. The van der Waals surface area contributed by atoms with Crippen molar-refractivity contribution in [1.82, 2.24) is 10.2 Å². The quantitative estimate of drug-likeness (QED) is 0.0475. The highest BCUT2D eigenvalue weighted by Gasteiger charge is 2.53. The summed E-state index contributed by atoms with van der Waals surface area (Å²) in [5.41, 5.74) is 1.07. The zero-order chi connectivity index (χ0) is 59.6. The van der Waals surface area contributed by atoms with Gasteiger partial charge in [-0.1, -0.05) is 71.1 Å². The van der Waals surface area contributed by atoms with Crippen molar-refractivity contribution in [3.8, 4) is 0 Å². The number of rotatable bonds is 19. The Morgan fingerprint density at radius 2 is 1.47 bits per heavy atom. The highest BCUT2D eigenvalue weighted by atomic mass is 16.6. The predicted octanol–water partition coefficient (Wildman–Crippen LogP) is 6.35. The van der Waals surface area contributed by atoms with E-state index >= 15 is 0 Å². The van der Waals surface area contributed by atoms with Gasteiger partial charge in [-0.2, -0.15) is 0 Å². The molecular weight excluding hydrogens is 1050 g/mol. The number of esters is 1. The van der Waals surface area contributed by atoms with E-state index in [2.05, 4.69) is 5.32 Å². The van der Waals surface area contributed by atoms with Gasteiger partial charge in [0.15, 0.2) is 5.78 Å². The van der Waals surface area contributed by atoms with Crippen LogP contribution in [0.2, 0.25) is 0 Å². The maximum Gasteiger partial charge on any atom is 0.407 e. The average Bonchev–Trinajstić information content (AvgIpc) is 3.45. The maximum atomic E-state index is 14.6. The van der Waals surface area contributed by atoms with Gasteiger partial charge in [-0.15, -0.1) is 0 Å². The number of amides is 2. The Balaban J connectivity index is 1.52.